The fourth-order valence-electron chi connectivity index (χ4n) is 3.54. The van der Waals surface area contributed by atoms with Gasteiger partial charge in [-0.15, -0.1) is 0 Å². The van der Waals surface area contributed by atoms with E-state index in [2.05, 4.69) is 30.9 Å². The van der Waals surface area contributed by atoms with Crippen LogP contribution in [0.2, 0.25) is 0 Å². The minimum Gasteiger partial charge on any atom is -0.457 e. The molecule has 0 atom stereocenters. The van der Waals surface area contributed by atoms with Crippen LogP contribution >= 0.6 is 11.3 Å². The average molecular weight is 530 g/mol. The topological polar surface area (TPSA) is 123 Å². The number of benzene rings is 2. The monoisotopic (exact) mass is 529 g/mol. The van der Waals surface area contributed by atoms with Crippen LogP contribution in [0.5, 0.6) is 11.5 Å². The Balaban J connectivity index is 1.28. The van der Waals surface area contributed by atoms with Gasteiger partial charge in [0.25, 0.3) is 11.2 Å². The summed E-state index contributed by atoms with van der Waals surface area (Å²) >= 11 is 0.916. The van der Waals surface area contributed by atoms with E-state index in [1.807, 2.05) is 6.07 Å². The molecule has 0 fully saturated rings. The Labute approximate surface area is 220 Å². The lowest BCUT2D eigenvalue weighted by Crippen LogP contribution is -2.19. The number of ether oxygens (including phenoxy) is 1. The summed E-state index contributed by atoms with van der Waals surface area (Å²) in [5, 5.41) is 7.57. The first kappa shape index (κ1) is 24.6. The molecule has 38 heavy (non-hydrogen) atoms. The quantitative estimate of drug-likeness (QED) is 0.262. The first-order valence-corrected chi connectivity index (χ1v) is 12.1. The van der Waals surface area contributed by atoms with E-state index in [-0.39, 0.29) is 11.6 Å². The number of carbonyl (C=O) groups excluding carboxylic acids is 2. The van der Waals surface area contributed by atoms with E-state index in [0.29, 0.717) is 33.3 Å². The van der Waals surface area contributed by atoms with E-state index in [1.54, 1.807) is 65.8 Å². The predicted octanol–water partition coefficient (Wildman–Crippen LogP) is 5.33. The van der Waals surface area contributed by atoms with Gasteiger partial charge < -0.3 is 25.3 Å². The van der Waals surface area contributed by atoms with Crippen molar-refractivity contribution in [2.45, 2.75) is 0 Å². The Morgan fingerprint density at radius 3 is 2.47 bits per heavy atom. The number of imidazole rings is 1. The van der Waals surface area contributed by atoms with Gasteiger partial charge in [-0.25, -0.2) is 14.8 Å². The zero-order valence-corrected chi connectivity index (χ0v) is 20.7. The van der Waals surface area contributed by atoms with E-state index in [0.717, 1.165) is 17.0 Å². The van der Waals surface area contributed by atoms with Gasteiger partial charge in [0.1, 0.15) is 17.2 Å². The first-order chi connectivity index (χ1) is 18.5. The fraction of sp³-hybridized carbons (Fsp3) is 0.0385. The van der Waals surface area contributed by atoms with Crippen LogP contribution in [-0.4, -0.2) is 38.5 Å². The third-order valence-corrected chi connectivity index (χ3v) is 6.11. The van der Waals surface area contributed by atoms with E-state index < -0.39 is 11.3 Å². The van der Waals surface area contributed by atoms with Crippen molar-refractivity contribution in [3.8, 4) is 27.6 Å². The molecule has 2 aromatic carbocycles. The molecule has 0 aliphatic rings. The van der Waals surface area contributed by atoms with Gasteiger partial charge in [0.15, 0.2) is 0 Å². The predicted molar refractivity (Wildman–Crippen MR) is 141 cm³/mol. The van der Waals surface area contributed by atoms with Crippen LogP contribution in [0.4, 0.5) is 20.6 Å². The smallest absolute Gasteiger partial charge is 0.323 e. The van der Waals surface area contributed by atoms with E-state index in [4.69, 9.17) is 4.74 Å². The van der Waals surface area contributed by atoms with Crippen molar-refractivity contribution in [3.05, 3.63) is 96.7 Å². The maximum Gasteiger partial charge on any atom is 0.323 e. The molecule has 0 radical (unpaired) electrons. The minimum atomic E-state index is -0.538. The second kappa shape index (κ2) is 10.9. The minimum absolute atomic E-state index is 0.237. The number of anilines is 2. The van der Waals surface area contributed by atoms with Gasteiger partial charge >= 0.3 is 6.03 Å². The maximum absolute atomic E-state index is 13.5. The van der Waals surface area contributed by atoms with Gasteiger partial charge in [-0.05, 0) is 54.1 Å². The van der Waals surface area contributed by atoms with Crippen molar-refractivity contribution < 1.29 is 18.7 Å². The molecule has 0 unspecified atom stereocenters. The number of nitrogens with zero attached hydrogens (tertiary/aromatic N) is 4. The summed E-state index contributed by atoms with van der Waals surface area (Å²) in [4.78, 5) is 36.9. The number of rotatable bonds is 7. The van der Waals surface area contributed by atoms with Crippen LogP contribution in [0.15, 0.2) is 85.7 Å². The van der Waals surface area contributed by atoms with Crippen LogP contribution < -0.4 is 20.7 Å². The Morgan fingerprint density at radius 2 is 1.76 bits per heavy atom. The third-order valence-electron chi connectivity index (χ3n) is 5.28. The highest BCUT2D eigenvalue weighted by atomic mass is 32.1. The number of aromatic nitrogens is 4. The van der Waals surface area contributed by atoms with E-state index in [1.165, 1.54) is 25.5 Å². The number of urea groups is 1. The van der Waals surface area contributed by atoms with Gasteiger partial charge in [-0.3, -0.25) is 9.78 Å². The van der Waals surface area contributed by atoms with E-state index >= 15 is 0 Å². The van der Waals surface area contributed by atoms with Crippen LogP contribution in [0.25, 0.3) is 16.1 Å². The van der Waals surface area contributed by atoms with E-state index in [9.17, 15) is 14.0 Å². The lowest BCUT2D eigenvalue weighted by molar-refractivity contribution is 0.0958. The van der Waals surface area contributed by atoms with Crippen molar-refractivity contribution in [1.29, 1.82) is 0 Å². The lowest BCUT2D eigenvalue weighted by Gasteiger charge is -2.12. The zero-order chi connectivity index (χ0) is 26.5. The second-order valence-electron chi connectivity index (χ2n) is 7.88. The number of nitrogens with one attached hydrogen (secondary N) is 3. The van der Waals surface area contributed by atoms with Gasteiger partial charge in [0, 0.05) is 55.0 Å². The van der Waals surface area contributed by atoms with Gasteiger partial charge in [0.05, 0.1) is 11.2 Å². The standard InChI is InChI=1S/C26H20FN7O3S/c1-28-24(35)22-13-21(6-7-30-22)37-20-4-2-17(3-5-20)32-26(36)33-18-10-16(23-14-31-25(27)38-23)11-19(12-18)34-9-8-29-15-34/h2-15H,1H3,(H,28,35)(H2,32,33,36). The molecular weight excluding hydrogens is 509 g/mol. The molecule has 3 aromatic heterocycles. The normalized spacial score (nSPS) is 10.6. The summed E-state index contributed by atoms with van der Waals surface area (Å²) in [5.74, 6) is 0.647. The molecule has 5 rings (SSSR count). The summed E-state index contributed by atoms with van der Waals surface area (Å²) in [6.07, 6.45) is 7.97. The summed E-state index contributed by atoms with van der Waals surface area (Å²) < 4.78 is 21.1. The molecule has 10 nitrogen and oxygen atoms in total. The van der Waals surface area contributed by atoms with Crippen molar-refractivity contribution >= 4 is 34.6 Å². The van der Waals surface area contributed by atoms with Crippen molar-refractivity contribution in [2.24, 2.45) is 0 Å². The van der Waals surface area contributed by atoms with Crippen molar-refractivity contribution in [1.82, 2.24) is 24.8 Å². The SMILES string of the molecule is CNC(=O)c1cc(Oc2ccc(NC(=O)Nc3cc(-c4cnc(F)s4)cc(-n4ccnc4)c3)cc2)ccn1. The molecule has 0 aliphatic heterocycles. The van der Waals surface area contributed by atoms with Crippen molar-refractivity contribution in [3.63, 3.8) is 0 Å². The molecule has 0 saturated heterocycles. The van der Waals surface area contributed by atoms with Crippen LogP contribution in [0, 0.1) is 5.26 Å². The van der Waals surface area contributed by atoms with Gasteiger partial charge in [0.2, 0.25) is 0 Å². The highest BCUT2D eigenvalue weighted by Crippen LogP contribution is 2.30. The largest absolute Gasteiger partial charge is 0.457 e. The number of hydrogen-bond donors (Lipinski definition) is 3. The molecule has 3 amide bonds. The summed E-state index contributed by atoms with van der Waals surface area (Å²) in [7, 11) is 1.52. The average Bonchev–Trinajstić information content (AvgIpc) is 3.62. The number of amides is 3. The molecule has 3 N–H and O–H groups in total. The third kappa shape index (κ3) is 5.82. The number of pyridine rings is 1. The molecule has 190 valence electrons. The Hall–Kier alpha value is -5.10. The molecule has 5 aromatic rings. The first-order valence-electron chi connectivity index (χ1n) is 11.3. The highest BCUT2D eigenvalue weighted by Gasteiger charge is 2.11. The molecule has 12 heteroatoms. The number of hydrogen-bond acceptors (Lipinski definition) is 7. The molecule has 0 saturated carbocycles. The lowest BCUT2D eigenvalue weighted by atomic mass is 10.1. The van der Waals surface area contributed by atoms with Gasteiger partial charge in [-0.1, -0.05) is 11.3 Å². The summed E-state index contributed by atoms with van der Waals surface area (Å²) in [6, 6.07) is 14.8. The molecule has 3 heterocycles. The Morgan fingerprint density at radius 1 is 0.947 bits per heavy atom. The van der Waals surface area contributed by atoms with Gasteiger partial charge in [-0.2, -0.15) is 4.39 Å². The number of halogens is 1. The van der Waals surface area contributed by atoms with Crippen LogP contribution in [0.3, 0.4) is 0 Å². The van der Waals surface area contributed by atoms with Crippen molar-refractivity contribution in [2.75, 3.05) is 17.7 Å². The molecular formula is C26H20FN7O3S. The molecule has 0 spiro atoms. The fourth-order valence-corrected chi connectivity index (χ4v) is 4.16. The number of carbonyl (C=O) groups is 2. The molecule has 0 bridgehead atoms. The summed E-state index contributed by atoms with van der Waals surface area (Å²) in [6.45, 7) is 0. The molecule has 0 aliphatic carbocycles. The number of thiazole rings is 1. The van der Waals surface area contributed by atoms with Crippen LogP contribution in [-0.2, 0) is 0 Å². The Kier molecular flexibility index (Phi) is 7.04. The van der Waals surface area contributed by atoms with Crippen LogP contribution in [0.1, 0.15) is 10.5 Å². The second-order valence-corrected chi connectivity index (χ2v) is 8.86. The zero-order valence-electron chi connectivity index (χ0n) is 19.9. The highest BCUT2D eigenvalue weighted by molar-refractivity contribution is 7.13. The maximum atomic E-state index is 13.5. The Bertz CT molecular complexity index is 1590. The summed E-state index contributed by atoms with van der Waals surface area (Å²) in [5.41, 5.74) is 2.71.